The predicted molar refractivity (Wildman–Crippen MR) is 71.9 cm³/mol. The third-order valence-electron chi connectivity index (χ3n) is 2.74. The van der Waals surface area contributed by atoms with Gasteiger partial charge in [0.25, 0.3) is 0 Å². The molecular weight excluding hydrogens is 251 g/mol. The van der Waals surface area contributed by atoms with Crippen molar-refractivity contribution in [3.63, 3.8) is 0 Å². The molecule has 94 valence electrons. The minimum Gasteiger partial charge on any atom is -0.457 e. The van der Waals surface area contributed by atoms with Crippen molar-refractivity contribution in [1.82, 2.24) is 0 Å². The summed E-state index contributed by atoms with van der Waals surface area (Å²) in [5.41, 5.74) is 1.77. The van der Waals surface area contributed by atoms with Crippen LogP contribution in [0.3, 0.4) is 0 Å². The van der Waals surface area contributed by atoms with E-state index in [0.717, 1.165) is 17.7 Å². The predicted octanol–water partition coefficient (Wildman–Crippen LogP) is 4.92. The summed E-state index contributed by atoms with van der Waals surface area (Å²) in [6, 6.07) is 12.2. The van der Waals surface area contributed by atoms with Crippen LogP contribution in [-0.4, -0.2) is 0 Å². The number of aryl methyl sites for hydroxylation is 1. The SMILES string of the molecule is CCc1ccccc1Oc1ccc(F)cc1CCl. The molecule has 0 N–H and O–H groups in total. The van der Waals surface area contributed by atoms with Gasteiger partial charge in [-0.1, -0.05) is 25.1 Å². The third-order valence-corrected chi connectivity index (χ3v) is 3.03. The Morgan fingerprint density at radius 2 is 1.78 bits per heavy atom. The highest BCUT2D eigenvalue weighted by molar-refractivity contribution is 6.17. The van der Waals surface area contributed by atoms with Crippen LogP contribution in [0.15, 0.2) is 42.5 Å². The van der Waals surface area contributed by atoms with Crippen LogP contribution in [-0.2, 0) is 12.3 Å². The van der Waals surface area contributed by atoms with E-state index in [-0.39, 0.29) is 11.7 Å². The molecule has 2 aromatic carbocycles. The Labute approximate surface area is 111 Å². The van der Waals surface area contributed by atoms with Crippen LogP contribution in [0, 0.1) is 5.82 Å². The molecule has 2 aromatic rings. The number of para-hydroxylation sites is 1. The zero-order valence-electron chi connectivity index (χ0n) is 10.1. The molecule has 1 nitrogen and oxygen atoms in total. The highest BCUT2D eigenvalue weighted by Crippen LogP contribution is 2.29. The van der Waals surface area contributed by atoms with Gasteiger partial charge in [-0.2, -0.15) is 0 Å². The smallest absolute Gasteiger partial charge is 0.132 e. The van der Waals surface area contributed by atoms with Gasteiger partial charge in [0, 0.05) is 5.56 Å². The van der Waals surface area contributed by atoms with E-state index < -0.39 is 0 Å². The summed E-state index contributed by atoms with van der Waals surface area (Å²) in [7, 11) is 0. The van der Waals surface area contributed by atoms with Gasteiger partial charge in [0.2, 0.25) is 0 Å². The van der Waals surface area contributed by atoms with Gasteiger partial charge < -0.3 is 4.74 Å². The molecule has 0 fully saturated rings. The Morgan fingerprint density at radius 1 is 1.06 bits per heavy atom. The minimum atomic E-state index is -0.304. The first kappa shape index (κ1) is 12.9. The lowest BCUT2D eigenvalue weighted by Gasteiger charge is -2.12. The normalized spacial score (nSPS) is 10.4. The van der Waals surface area contributed by atoms with Crippen LogP contribution in [0.4, 0.5) is 4.39 Å². The number of alkyl halides is 1. The molecule has 0 spiro atoms. The third kappa shape index (κ3) is 2.82. The number of hydrogen-bond donors (Lipinski definition) is 0. The number of rotatable bonds is 4. The summed E-state index contributed by atoms with van der Waals surface area (Å²) in [5, 5.41) is 0. The van der Waals surface area contributed by atoms with Crippen molar-refractivity contribution in [3.8, 4) is 11.5 Å². The fraction of sp³-hybridized carbons (Fsp3) is 0.200. The van der Waals surface area contributed by atoms with E-state index >= 15 is 0 Å². The molecular formula is C15H14ClFO. The topological polar surface area (TPSA) is 9.23 Å². The van der Waals surface area contributed by atoms with E-state index in [0.29, 0.717) is 11.3 Å². The van der Waals surface area contributed by atoms with Gasteiger partial charge in [-0.05, 0) is 36.2 Å². The first-order valence-corrected chi connectivity index (χ1v) is 6.38. The monoisotopic (exact) mass is 264 g/mol. The highest BCUT2D eigenvalue weighted by Gasteiger charge is 2.08. The van der Waals surface area contributed by atoms with E-state index in [2.05, 4.69) is 6.92 Å². The van der Waals surface area contributed by atoms with Crippen LogP contribution in [0.5, 0.6) is 11.5 Å². The van der Waals surface area contributed by atoms with E-state index in [1.165, 1.54) is 12.1 Å². The first-order chi connectivity index (χ1) is 8.74. The summed E-state index contributed by atoms with van der Waals surface area (Å²) < 4.78 is 18.9. The summed E-state index contributed by atoms with van der Waals surface area (Å²) in [6.07, 6.45) is 0.883. The van der Waals surface area contributed by atoms with E-state index in [9.17, 15) is 4.39 Å². The Kier molecular flexibility index (Phi) is 4.21. The van der Waals surface area contributed by atoms with Gasteiger partial charge in [-0.25, -0.2) is 4.39 Å². The van der Waals surface area contributed by atoms with Crippen LogP contribution in [0.2, 0.25) is 0 Å². The van der Waals surface area contributed by atoms with Crippen LogP contribution < -0.4 is 4.74 Å². The molecule has 0 heterocycles. The molecule has 2 rings (SSSR count). The number of ether oxygens (including phenoxy) is 1. The number of benzene rings is 2. The molecule has 0 unspecified atom stereocenters. The number of hydrogen-bond acceptors (Lipinski definition) is 1. The van der Waals surface area contributed by atoms with Crippen molar-refractivity contribution in [2.45, 2.75) is 19.2 Å². The summed E-state index contributed by atoms with van der Waals surface area (Å²) in [5.74, 6) is 1.31. The average molecular weight is 265 g/mol. The Morgan fingerprint density at radius 3 is 2.50 bits per heavy atom. The molecule has 0 atom stereocenters. The Hall–Kier alpha value is -1.54. The molecule has 0 aromatic heterocycles. The molecule has 0 aliphatic heterocycles. The Balaban J connectivity index is 2.33. The van der Waals surface area contributed by atoms with Gasteiger partial charge in [-0.15, -0.1) is 11.6 Å². The molecule has 0 amide bonds. The molecule has 3 heteroatoms. The fourth-order valence-corrected chi connectivity index (χ4v) is 1.97. The van der Waals surface area contributed by atoms with Gasteiger partial charge in [0.05, 0.1) is 5.88 Å². The van der Waals surface area contributed by atoms with Gasteiger partial charge in [0.15, 0.2) is 0 Å². The van der Waals surface area contributed by atoms with Crippen LogP contribution in [0.25, 0.3) is 0 Å². The fourth-order valence-electron chi connectivity index (χ4n) is 1.77. The lowest BCUT2D eigenvalue weighted by molar-refractivity contribution is 0.470. The first-order valence-electron chi connectivity index (χ1n) is 5.84. The maximum absolute atomic E-state index is 13.1. The standard InChI is InChI=1S/C15H14ClFO/c1-2-11-5-3-4-6-14(11)18-15-8-7-13(17)9-12(15)10-16/h3-9H,2,10H2,1H3. The quantitative estimate of drug-likeness (QED) is 0.712. The summed E-state index contributed by atoms with van der Waals surface area (Å²) in [4.78, 5) is 0. The second-order valence-electron chi connectivity index (χ2n) is 3.95. The van der Waals surface area contributed by atoms with E-state index in [1.54, 1.807) is 6.07 Å². The van der Waals surface area contributed by atoms with Crippen molar-refractivity contribution >= 4 is 11.6 Å². The zero-order chi connectivity index (χ0) is 13.0. The second-order valence-corrected chi connectivity index (χ2v) is 4.22. The minimum absolute atomic E-state index is 0.224. The van der Waals surface area contributed by atoms with Crippen LogP contribution in [0.1, 0.15) is 18.1 Å². The molecule has 0 radical (unpaired) electrons. The van der Waals surface area contributed by atoms with Crippen molar-refractivity contribution in [1.29, 1.82) is 0 Å². The maximum atomic E-state index is 13.1. The van der Waals surface area contributed by atoms with Crippen molar-refractivity contribution in [3.05, 3.63) is 59.4 Å². The second kappa shape index (κ2) is 5.87. The summed E-state index contributed by atoms with van der Waals surface area (Å²) >= 11 is 5.80. The highest BCUT2D eigenvalue weighted by atomic mass is 35.5. The Bertz CT molecular complexity index is 540. The van der Waals surface area contributed by atoms with Crippen molar-refractivity contribution in [2.75, 3.05) is 0 Å². The van der Waals surface area contributed by atoms with Crippen molar-refractivity contribution in [2.24, 2.45) is 0 Å². The lowest BCUT2D eigenvalue weighted by atomic mass is 10.1. The van der Waals surface area contributed by atoms with E-state index in [4.69, 9.17) is 16.3 Å². The van der Waals surface area contributed by atoms with E-state index in [1.807, 2.05) is 24.3 Å². The molecule has 0 saturated carbocycles. The molecule has 0 aliphatic rings. The molecule has 0 aliphatic carbocycles. The molecule has 0 saturated heterocycles. The lowest BCUT2D eigenvalue weighted by Crippen LogP contribution is -1.94. The van der Waals surface area contributed by atoms with Gasteiger partial charge in [-0.3, -0.25) is 0 Å². The molecule has 0 bridgehead atoms. The number of halogens is 2. The maximum Gasteiger partial charge on any atom is 0.132 e. The average Bonchev–Trinajstić information content (AvgIpc) is 2.41. The molecule has 18 heavy (non-hydrogen) atoms. The zero-order valence-corrected chi connectivity index (χ0v) is 10.9. The summed E-state index contributed by atoms with van der Waals surface area (Å²) in [6.45, 7) is 2.06. The largest absolute Gasteiger partial charge is 0.457 e. The van der Waals surface area contributed by atoms with Gasteiger partial charge >= 0.3 is 0 Å². The van der Waals surface area contributed by atoms with Crippen LogP contribution >= 0.6 is 11.6 Å². The van der Waals surface area contributed by atoms with Crippen molar-refractivity contribution < 1.29 is 9.13 Å². The van der Waals surface area contributed by atoms with Gasteiger partial charge in [0.1, 0.15) is 17.3 Å².